The van der Waals surface area contributed by atoms with Crippen molar-refractivity contribution >= 4 is 5.69 Å². The first kappa shape index (κ1) is 13.8. The predicted octanol–water partition coefficient (Wildman–Crippen LogP) is 1.84. The van der Waals surface area contributed by atoms with Crippen LogP contribution in [0.4, 0.5) is 14.5 Å². The second-order valence-corrected chi connectivity index (χ2v) is 3.65. The average Bonchev–Trinajstić information content (AvgIpc) is 2.28. The Morgan fingerprint density at radius 3 is 2.82 bits per heavy atom. The van der Waals surface area contributed by atoms with E-state index in [0.717, 1.165) is 18.5 Å². The van der Waals surface area contributed by atoms with Crippen molar-refractivity contribution in [1.29, 1.82) is 0 Å². The van der Waals surface area contributed by atoms with Gasteiger partial charge in [-0.2, -0.15) is 0 Å². The largest absolute Gasteiger partial charge is 0.396 e. The molecule has 0 unspecified atom stereocenters. The van der Waals surface area contributed by atoms with E-state index in [4.69, 9.17) is 10.5 Å². The number of rotatable bonds is 7. The summed E-state index contributed by atoms with van der Waals surface area (Å²) in [6, 6.07) is 0. The van der Waals surface area contributed by atoms with Crippen LogP contribution in [0.25, 0.3) is 0 Å². The Morgan fingerprint density at radius 2 is 2.18 bits per heavy atom. The number of alkyl halides is 2. The Labute approximate surface area is 99.2 Å². The van der Waals surface area contributed by atoms with Gasteiger partial charge in [0, 0.05) is 6.42 Å². The molecule has 1 heterocycles. The number of nitrogen functional groups attached to an aromatic ring is 1. The maximum Gasteiger partial charge on any atom is 0.261 e. The van der Waals surface area contributed by atoms with Crippen LogP contribution < -0.4 is 5.73 Å². The van der Waals surface area contributed by atoms with Crippen LogP contribution in [0.15, 0.2) is 6.20 Å². The van der Waals surface area contributed by atoms with Crippen LogP contribution in [0, 0.1) is 0 Å². The van der Waals surface area contributed by atoms with Gasteiger partial charge in [-0.1, -0.05) is 13.3 Å². The first-order valence-electron chi connectivity index (χ1n) is 5.59. The fourth-order valence-corrected chi connectivity index (χ4v) is 1.36. The van der Waals surface area contributed by atoms with Gasteiger partial charge in [-0.05, 0) is 6.42 Å². The average molecular weight is 245 g/mol. The Morgan fingerprint density at radius 1 is 1.41 bits per heavy atom. The minimum absolute atomic E-state index is 0.194. The van der Waals surface area contributed by atoms with E-state index in [2.05, 4.69) is 9.97 Å². The molecule has 6 heteroatoms. The molecule has 1 aromatic rings. The molecule has 2 N–H and O–H groups in total. The number of aromatic nitrogens is 2. The van der Waals surface area contributed by atoms with Gasteiger partial charge in [0.2, 0.25) is 0 Å². The standard InChI is InChI=1S/C11H17F2N3O/c1-2-3-9-8(14)6-15-11(16-9)4-5-17-7-10(12)13/h6,10H,2-5,7,14H2,1H3. The van der Waals surface area contributed by atoms with Gasteiger partial charge in [0.1, 0.15) is 12.4 Å². The lowest BCUT2D eigenvalue weighted by molar-refractivity contribution is 0.0182. The summed E-state index contributed by atoms with van der Waals surface area (Å²) in [5.74, 6) is 0.580. The van der Waals surface area contributed by atoms with Crippen molar-refractivity contribution < 1.29 is 13.5 Å². The van der Waals surface area contributed by atoms with Crippen molar-refractivity contribution in [3.63, 3.8) is 0 Å². The van der Waals surface area contributed by atoms with Gasteiger partial charge >= 0.3 is 0 Å². The molecule has 0 saturated heterocycles. The summed E-state index contributed by atoms with van der Waals surface area (Å²) in [4.78, 5) is 8.31. The highest BCUT2D eigenvalue weighted by Gasteiger charge is 2.05. The third-order valence-electron chi connectivity index (χ3n) is 2.15. The molecular formula is C11H17F2N3O. The molecule has 0 bridgehead atoms. The van der Waals surface area contributed by atoms with E-state index in [0.29, 0.717) is 17.9 Å². The van der Waals surface area contributed by atoms with Crippen molar-refractivity contribution in [2.45, 2.75) is 32.6 Å². The van der Waals surface area contributed by atoms with E-state index in [9.17, 15) is 8.78 Å². The van der Waals surface area contributed by atoms with Crippen molar-refractivity contribution in [1.82, 2.24) is 9.97 Å². The lowest BCUT2D eigenvalue weighted by Gasteiger charge is -2.06. The van der Waals surface area contributed by atoms with Gasteiger partial charge in [0.05, 0.1) is 24.2 Å². The van der Waals surface area contributed by atoms with Gasteiger partial charge < -0.3 is 10.5 Å². The van der Waals surface area contributed by atoms with E-state index in [1.165, 1.54) is 0 Å². The lowest BCUT2D eigenvalue weighted by Crippen LogP contribution is -2.10. The molecule has 17 heavy (non-hydrogen) atoms. The van der Waals surface area contributed by atoms with Crippen LogP contribution in [0.1, 0.15) is 24.9 Å². The highest BCUT2D eigenvalue weighted by molar-refractivity contribution is 5.40. The molecule has 0 amide bonds. The fraction of sp³-hybridized carbons (Fsp3) is 0.636. The van der Waals surface area contributed by atoms with Gasteiger partial charge in [-0.3, -0.25) is 0 Å². The molecule has 0 aliphatic carbocycles. The number of hydrogen-bond donors (Lipinski definition) is 1. The molecule has 0 atom stereocenters. The number of aryl methyl sites for hydroxylation is 1. The minimum Gasteiger partial charge on any atom is -0.396 e. The number of ether oxygens (including phenoxy) is 1. The minimum atomic E-state index is -2.43. The Hall–Kier alpha value is -1.30. The monoisotopic (exact) mass is 245 g/mol. The summed E-state index contributed by atoms with van der Waals surface area (Å²) >= 11 is 0. The second-order valence-electron chi connectivity index (χ2n) is 3.65. The molecule has 1 aromatic heterocycles. The zero-order chi connectivity index (χ0) is 12.7. The number of anilines is 1. The summed E-state index contributed by atoms with van der Waals surface area (Å²) in [5.41, 5.74) is 7.10. The Balaban J connectivity index is 2.45. The van der Waals surface area contributed by atoms with Crippen molar-refractivity contribution in [3.8, 4) is 0 Å². The highest BCUT2D eigenvalue weighted by Crippen LogP contribution is 2.10. The molecule has 0 saturated carbocycles. The summed E-state index contributed by atoms with van der Waals surface area (Å²) in [6.07, 6.45) is 1.28. The Kier molecular flexibility index (Phi) is 5.76. The van der Waals surface area contributed by atoms with Gasteiger partial charge in [-0.15, -0.1) is 0 Å². The van der Waals surface area contributed by atoms with E-state index < -0.39 is 13.0 Å². The third kappa shape index (κ3) is 5.04. The number of nitrogens with two attached hydrogens (primary N) is 1. The van der Waals surface area contributed by atoms with Crippen LogP contribution >= 0.6 is 0 Å². The van der Waals surface area contributed by atoms with E-state index in [-0.39, 0.29) is 6.61 Å². The zero-order valence-corrected chi connectivity index (χ0v) is 9.83. The van der Waals surface area contributed by atoms with Crippen molar-refractivity contribution in [2.75, 3.05) is 18.9 Å². The van der Waals surface area contributed by atoms with Gasteiger partial charge in [-0.25, -0.2) is 18.7 Å². The van der Waals surface area contributed by atoms with Crippen LogP contribution in [-0.2, 0) is 17.6 Å². The molecule has 0 fully saturated rings. The lowest BCUT2D eigenvalue weighted by atomic mass is 10.2. The zero-order valence-electron chi connectivity index (χ0n) is 9.83. The van der Waals surface area contributed by atoms with E-state index in [1.807, 2.05) is 6.92 Å². The fourth-order valence-electron chi connectivity index (χ4n) is 1.36. The molecule has 0 radical (unpaired) electrons. The maximum atomic E-state index is 11.8. The number of hydrogen-bond acceptors (Lipinski definition) is 4. The quantitative estimate of drug-likeness (QED) is 0.744. The summed E-state index contributed by atoms with van der Waals surface area (Å²) in [7, 11) is 0. The Bertz CT molecular complexity index is 347. The predicted molar refractivity (Wildman–Crippen MR) is 61.0 cm³/mol. The molecule has 96 valence electrons. The number of halogens is 2. The van der Waals surface area contributed by atoms with Crippen LogP contribution in [0.2, 0.25) is 0 Å². The van der Waals surface area contributed by atoms with Crippen molar-refractivity contribution in [2.24, 2.45) is 0 Å². The summed E-state index contributed by atoms with van der Waals surface area (Å²) < 4.78 is 28.4. The molecule has 0 aromatic carbocycles. The normalized spacial score (nSPS) is 11.1. The highest BCUT2D eigenvalue weighted by atomic mass is 19.3. The van der Waals surface area contributed by atoms with Crippen LogP contribution in [0.5, 0.6) is 0 Å². The third-order valence-corrected chi connectivity index (χ3v) is 2.15. The van der Waals surface area contributed by atoms with Crippen LogP contribution in [-0.4, -0.2) is 29.6 Å². The maximum absolute atomic E-state index is 11.8. The van der Waals surface area contributed by atoms with E-state index in [1.54, 1.807) is 6.20 Å². The molecule has 4 nitrogen and oxygen atoms in total. The first-order valence-corrected chi connectivity index (χ1v) is 5.59. The van der Waals surface area contributed by atoms with Gasteiger partial charge in [0.15, 0.2) is 0 Å². The second kappa shape index (κ2) is 7.11. The SMILES string of the molecule is CCCc1nc(CCOCC(F)F)ncc1N. The molecular weight excluding hydrogens is 228 g/mol. The molecule has 0 aliphatic rings. The molecule has 1 rings (SSSR count). The molecule has 0 aliphatic heterocycles. The first-order chi connectivity index (χ1) is 8.13. The van der Waals surface area contributed by atoms with Gasteiger partial charge in [0.25, 0.3) is 6.43 Å². The topological polar surface area (TPSA) is 61.0 Å². The smallest absolute Gasteiger partial charge is 0.261 e. The number of nitrogens with zero attached hydrogens (tertiary/aromatic N) is 2. The van der Waals surface area contributed by atoms with E-state index >= 15 is 0 Å². The van der Waals surface area contributed by atoms with Crippen LogP contribution in [0.3, 0.4) is 0 Å². The summed E-state index contributed by atoms with van der Waals surface area (Å²) in [6.45, 7) is 1.68. The van der Waals surface area contributed by atoms with Crippen molar-refractivity contribution in [3.05, 3.63) is 17.7 Å². The molecule has 0 spiro atoms. The summed E-state index contributed by atoms with van der Waals surface area (Å²) in [5, 5.41) is 0.